The molecule has 0 unspecified atom stereocenters. The molecule has 0 saturated heterocycles. The molecule has 1 aliphatic carbocycles. The quantitative estimate of drug-likeness (QED) is 0.857. The van der Waals surface area contributed by atoms with Crippen molar-refractivity contribution in [3.05, 3.63) is 18.0 Å². The van der Waals surface area contributed by atoms with E-state index in [0.29, 0.717) is 11.4 Å². The molecule has 1 aromatic rings. The zero-order chi connectivity index (χ0) is 14.0. The second-order valence-corrected chi connectivity index (χ2v) is 7.16. The Labute approximate surface area is 115 Å². The Morgan fingerprint density at radius 1 is 1.47 bits per heavy atom. The molecule has 1 aliphatic rings. The Hall–Kier alpha value is -0.850. The van der Waals surface area contributed by atoms with E-state index in [4.69, 9.17) is 0 Å². The van der Waals surface area contributed by atoms with Crippen molar-refractivity contribution in [1.29, 1.82) is 0 Å². The summed E-state index contributed by atoms with van der Waals surface area (Å²) >= 11 is 0. The highest BCUT2D eigenvalue weighted by molar-refractivity contribution is 7.89. The molecule has 0 aromatic carbocycles. The first-order valence-electron chi connectivity index (χ1n) is 6.80. The molecule has 1 aromatic heterocycles. The van der Waals surface area contributed by atoms with Gasteiger partial charge in [-0.25, -0.2) is 8.42 Å². The van der Waals surface area contributed by atoms with Gasteiger partial charge in [0.15, 0.2) is 0 Å². The van der Waals surface area contributed by atoms with E-state index in [0.717, 1.165) is 31.5 Å². The number of nitrogens with one attached hydrogen (secondary N) is 1. The molecule has 108 valence electrons. The van der Waals surface area contributed by atoms with E-state index < -0.39 is 10.0 Å². The molecule has 1 fully saturated rings. The fourth-order valence-electron chi connectivity index (χ4n) is 2.26. The summed E-state index contributed by atoms with van der Waals surface area (Å²) in [5, 5.41) is 3.22. The molecule has 0 amide bonds. The van der Waals surface area contributed by atoms with Gasteiger partial charge in [0.2, 0.25) is 10.0 Å². The van der Waals surface area contributed by atoms with Crippen molar-refractivity contribution in [2.45, 2.75) is 43.7 Å². The van der Waals surface area contributed by atoms with Gasteiger partial charge in [-0.1, -0.05) is 13.3 Å². The molecule has 0 radical (unpaired) electrons. The van der Waals surface area contributed by atoms with Crippen LogP contribution in [0.3, 0.4) is 0 Å². The van der Waals surface area contributed by atoms with Crippen molar-refractivity contribution in [3.63, 3.8) is 0 Å². The fourth-order valence-corrected chi connectivity index (χ4v) is 3.77. The molecule has 0 bridgehead atoms. The van der Waals surface area contributed by atoms with Crippen molar-refractivity contribution in [3.8, 4) is 0 Å². The highest BCUT2D eigenvalue weighted by atomic mass is 32.2. The van der Waals surface area contributed by atoms with Crippen LogP contribution in [0.15, 0.2) is 17.2 Å². The molecule has 2 rings (SSSR count). The number of hydrogen-bond acceptors (Lipinski definition) is 3. The first-order valence-corrected chi connectivity index (χ1v) is 8.24. The van der Waals surface area contributed by atoms with Crippen molar-refractivity contribution >= 4 is 10.0 Å². The largest absolute Gasteiger partial charge is 0.352 e. The fraction of sp³-hybridized carbons (Fsp3) is 0.692. The molecular formula is C13H23N3O2S. The van der Waals surface area contributed by atoms with Crippen LogP contribution in [0.4, 0.5) is 0 Å². The summed E-state index contributed by atoms with van der Waals surface area (Å²) in [5.74, 6) is 0. The van der Waals surface area contributed by atoms with Gasteiger partial charge in [-0.2, -0.15) is 4.31 Å². The molecule has 5 nitrogen and oxygen atoms in total. The summed E-state index contributed by atoms with van der Waals surface area (Å²) in [6.07, 6.45) is 4.79. The summed E-state index contributed by atoms with van der Waals surface area (Å²) in [6.45, 7) is 3.59. The summed E-state index contributed by atoms with van der Waals surface area (Å²) in [5.41, 5.74) is 0.988. The van der Waals surface area contributed by atoms with E-state index in [9.17, 15) is 8.42 Å². The molecule has 0 aliphatic heterocycles. The second-order valence-electron chi connectivity index (χ2n) is 5.16. The third-order valence-electron chi connectivity index (χ3n) is 3.90. The van der Waals surface area contributed by atoms with E-state index in [2.05, 4.69) is 5.32 Å². The predicted octanol–water partition coefficient (Wildman–Crippen LogP) is 1.31. The Morgan fingerprint density at radius 2 is 2.16 bits per heavy atom. The maximum atomic E-state index is 12.5. The van der Waals surface area contributed by atoms with Crippen LogP contribution < -0.4 is 5.32 Å². The minimum absolute atomic E-state index is 0.183. The molecule has 1 heterocycles. The van der Waals surface area contributed by atoms with E-state index in [1.807, 2.05) is 18.5 Å². The van der Waals surface area contributed by atoms with Gasteiger partial charge in [0.25, 0.3) is 0 Å². The normalized spacial score (nSPS) is 16.8. The lowest BCUT2D eigenvalue weighted by Crippen LogP contribution is -2.41. The van der Waals surface area contributed by atoms with Crippen LogP contribution in [0.25, 0.3) is 0 Å². The Kier molecular flexibility index (Phi) is 4.32. The Morgan fingerprint density at radius 3 is 2.68 bits per heavy atom. The lowest BCUT2D eigenvalue weighted by atomic mass is 9.94. The van der Waals surface area contributed by atoms with Gasteiger partial charge < -0.3 is 9.88 Å². The van der Waals surface area contributed by atoms with Gasteiger partial charge in [0, 0.05) is 38.6 Å². The van der Waals surface area contributed by atoms with Crippen molar-refractivity contribution in [1.82, 2.24) is 14.2 Å². The first-order chi connectivity index (χ1) is 8.96. The van der Waals surface area contributed by atoms with Gasteiger partial charge in [-0.05, 0) is 25.5 Å². The van der Waals surface area contributed by atoms with Gasteiger partial charge in [0.1, 0.15) is 4.90 Å². The summed E-state index contributed by atoms with van der Waals surface area (Å²) in [4.78, 5) is 0.400. The SMILES string of the molecule is CCNCc1cc(S(=O)(=O)N(C)C2CCC2)cn1C. The maximum absolute atomic E-state index is 12.5. The van der Waals surface area contributed by atoms with Crippen molar-refractivity contribution in [2.75, 3.05) is 13.6 Å². The number of hydrogen-bond donors (Lipinski definition) is 1. The van der Waals surface area contributed by atoms with Crippen LogP contribution in [-0.2, 0) is 23.6 Å². The van der Waals surface area contributed by atoms with Gasteiger partial charge in [0.05, 0.1) is 0 Å². The average Bonchev–Trinajstić information content (AvgIpc) is 2.66. The van der Waals surface area contributed by atoms with Crippen molar-refractivity contribution < 1.29 is 8.42 Å². The van der Waals surface area contributed by atoms with E-state index in [1.54, 1.807) is 19.3 Å². The van der Waals surface area contributed by atoms with Gasteiger partial charge >= 0.3 is 0 Å². The number of rotatable bonds is 6. The molecule has 0 spiro atoms. The lowest BCUT2D eigenvalue weighted by molar-refractivity contribution is 0.249. The smallest absolute Gasteiger partial charge is 0.244 e. The minimum Gasteiger partial charge on any atom is -0.352 e. The van der Waals surface area contributed by atoms with E-state index in [-0.39, 0.29) is 6.04 Å². The van der Waals surface area contributed by atoms with Crippen molar-refractivity contribution in [2.24, 2.45) is 7.05 Å². The highest BCUT2D eigenvalue weighted by Gasteiger charge is 2.32. The maximum Gasteiger partial charge on any atom is 0.244 e. The highest BCUT2D eigenvalue weighted by Crippen LogP contribution is 2.28. The van der Waals surface area contributed by atoms with Crippen LogP contribution in [-0.4, -0.2) is 36.9 Å². The summed E-state index contributed by atoms with van der Waals surface area (Å²) < 4.78 is 28.4. The number of aryl methyl sites for hydroxylation is 1. The standard InChI is InChI=1S/C13H23N3O2S/c1-4-14-9-12-8-13(10-15(12)2)19(17,18)16(3)11-6-5-7-11/h8,10-11,14H,4-7,9H2,1-3H3. The van der Waals surface area contributed by atoms with Crippen LogP contribution in [0, 0.1) is 0 Å². The third kappa shape index (κ3) is 2.85. The molecule has 1 saturated carbocycles. The molecule has 19 heavy (non-hydrogen) atoms. The summed E-state index contributed by atoms with van der Waals surface area (Å²) in [7, 11) is 0.234. The predicted molar refractivity (Wildman–Crippen MR) is 75.4 cm³/mol. The van der Waals surface area contributed by atoms with Gasteiger partial charge in [-0.3, -0.25) is 0 Å². The van der Waals surface area contributed by atoms with Crippen LogP contribution in [0.1, 0.15) is 31.9 Å². The zero-order valence-electron chi connectivity index (χ0n) is 11.9. The monoisotopic (exact) mass is 285 g/mol. The van der Waals surface area contributed by atoms with Crippen LogP contribution in [0.2, 0.25) is 0 Å². The minimum atomic E-state index is -3.34. The zero-order valence-corrected chi connectivity index (χ0v) is 12.7. The average molecular weight is 285 g/mol. The lowest BCUT2D eigenvalue weighted by Gasteiger charge is -2.33. The Balaban J connectivity index is 2.20. The third-order valence-corrected chi connectivity index (χ3v) is 5.78. The van der Waals surface area contributed by atoms with E-state index >= 15 is 0 Å². The molecular weight excluding hydrogens is 262 g/mol. The summed E-state index contributed by atoms with van der Waals surface area (Å²) in [6, 6.07) is 1.95. The molecule has 6 heteroatoms. The Bertz CT molecular complexity index is 532. The van der Waals surface area contributed by atoms with Crippen LogP contribution in [0.5, 0.6) is 0 Å². The first kappa shape index (κ1) is 14.6. The number of sulfonamides is 1. The van der Waals surface area contributed by atoms with E-state index in [1.165, 1.54) is 4.31 Å². The second kappa shape index (κ2) is 5.64. The number of aromatic nitrogens is 1. The number of nitrogens with zero attached hydrogens (tertiary/aromatic N) is 2. The van der Waals surface area contributed by atoms with Gasteiger partial charge in [-0.15, -0.1) is 0 Å². The molecule has 1 N–H and O–H groups in total. The van der Waals surface area contributed by atoms with Crippen LogP contribution >= 0.6 is 0 Å². The molecule has 0 atom stereocenters. The topological polar surface area (TPSA) is 54.3 Å².